The monoisotopic (exact) mass is 667 g/mol. The van der Waals surface area contributed by atoms with E-state index in [0.717, 1.165) is 5.56 Å². The molecule has 4 aromatic carbocycles. The van der Waals surface area contributed by atoms with E-state index in [2.05, 4.69) is 16.9 Å². The zero-order valence-corrected chi connectivity index (χ0v) is 27.6. The molecule has 0 spiro atoms. The van der Waals surface area contributed by atoms with Crippen LogP contribution in [0.4, 0.5) is 17.1 Å². The molecule has 7 rings (SSSR count). The maximum absolute atomic E-state index is 14.1. The number of aryl methyl sites for hydroxylation is 1. The standard InChI is InChI=1S/C40H37N5O5/c1-3-22-44-34-21-20-29(45-35-17-8-10-19-37(35)50-36-18-9-7-16-30(36)38(45)47)24-32(34)40(49,39(44)48)27(2)13-11-12-23-43-25-33(41-42-43)31(26-46)28-14-5-4-6-15-28/h3-11,13-21,24-25,27,31,46,49H,1,12,22-23,26H2,2H3/b13-11+/t27-,31?,40+/m1/s1. The summed E-state index contributed by atoms with van der Waals surface area (Å²) >= 11 is 0. The van der Waals surface area contributed by atoms with Crippen LogP contribution in [0.2, 0.25) is 0 Å². The van der Waals surface area contributed by atoms with Gasteiger partial charge in [0.2, 0.25) is 0 Å². The van der Waals surface area contributed by atoms with Crippen molar-refractivity contribution in [3.8, 4) is 11.5 Å². The smallest absolute Gasteiger partial charge is 0.266 e. The predicted octanol–water partition coefficient (Wildman–Crippen LogP) is 6.49. The summed E-state index contributed by atoms with van der Waals surface area (Å²) in [5, 5.41) is 30.9. The third kappa shape index (κ3) is 5.68. The Labute approximate surface area is 290 Å². The van der Waals surface area contributed by atoms with Crippen LogP contribution in [0.25, 0.3) is 0 Å². The number of anilines is 3. The number of aliphatic hydroxyl groups is 2. The first-order valence-electron chi connectivity index (χ1n) is 16.6. The Bertz CT molecular complexity index is 2090. The highest BCUT2D eigenvalue weighted by Crippen LogP contribution is 2.49. The van der Waals surface area contributed by atoms with E-state index in [1.165, 1.54) is 4.90 Å². The number of allylic oxidation sites excluding steroid dienone is 1. The molecule has 0 saturated heterocycles. The molecule has 2 aliphatic rings. The molecule has 252 valence electrons. The molecule has 50 heavy (non-hydrogen) atoms. The molecule has 3 atom stereocenters. The van der Waals surface area contributed by atoms with Crippen molar-refractivity contribution in [2.24, 2.45) is 5.92 Å². The molecular weight excluding hydrogens is 630 g/mol. The molecular formula is C40H37N5O5. The van der Waals surface area contributed by atoms with Gasteiger partial charge in [0, 0.05) is 36.5 Å². The van der Waals surface area contributed by atoms with Gasteiger partial charge < -0.3 is 19.8 Å². The SMILES string of the molecule is C=CCN1C(=O)[C@](O)([C@H](C)/C=C/CCn2cc(C(CO)c3ccccc3)nn2)c2cc(N3C(=O)c4ccccc4Oc4ccccc43)ccc21. The van der Waals surface area contributed by atoms with Crippen molar-refractivity contribution >= 4 is 28.9 Å². The van der Waals surface area contributed by atoms with Crippen LogP contribution in [0, 0.1) is 5.92 Å². The van der Waals surface area contributed by atoms with Crippen LogP contribution in [-0.2, 0) is 16.9 Å². The molecule has 0 saturated carbocycles. The first kappa shape index (κ1) is 32.7. The molecule has 0 bridgehead atoms. The topological polar surface area (TPSA) is 121 Å². The van der Waals surface area contributed by atoms with E-state index in [1.807, 2.05) is 72.9 Å². The number of hydrogen-bond donors (Lipinski definition) is 2. The van der Waals surface area contributed by atoms with E-state index in [1.54, 1.807) is 65.0 Å². The lowest BCUT2D eigenvalue weighted by Gasteiger charge is -2.28. The highest BCUT2D eigenvalue weighted by Gasteiger charge is 2.52. The summed E-state index contributed by atoms with van der Waals surface area (Å²) in [4.78, 5) is 31.2. The number of nitrogens with zero attached hydrogens (tertiary/aromatic N) is 5. The summed E-state index contributed by atoms with van der Waals surface area (Å²) in [6, 6.07) is 29.3. The van der Waals surface area contributed by atoms with E-state index < -0.39 is 17.4 Å². The fourth-order valence-corrected chi connectivity index (χ4v) is 6.73. The van der Waals surface area contributed by atoms with Gasteiger partial charge in [0.05, 0.1) is 35.2 Å². The van der Waals surface area contributed by atoms with E-state index in [-0.39, 0.29) is 25.0 Å². The summed E-state index contributed by atoms with van der Waals surface area (Å²) in [5.41, 5.74) is 2.12. The van der Waals surface area contributed by atoms with Gasteiger partial charge in [-0.25, -0.2) is 0 Å². The number of fused-ring (bicyclic) bond motifs is 3. The van der Waals surface area contributed by atoms with Crippen LogP contribution in [0.3, 0.4) is 0 Å². The summed E-state index contributed by atoms with van der Waals surface area (Å²) in [6.07, 6.45) is 7.77. The maximum Gasteiger partial charge on any atom is 0.266 e. The van der Waals surface area contributed by atoms with Crippen LogP contribution >= 0.6 is 0 Å². The summed E-state index contributed by atoms with van der Waals surface area (Å²) in [6.45, 7) is 6.27. The second kappa shape index (κ2) is 13.6. The van der Waals surface area contributed by atoms with Gasteiger partial charge >= 0.3 is 0 Å². The van der Waals surface area contributed by atoms with Crippen LogP contribution in [0.1, 0.15) is 46.4 Å². The van der Waals surface area contributed by atoms with Gasteiger partial charge in [-0.15, -0.1) is 11.7 Å². The fourth-order valence-electron chi connectivity index (χ4n) is 6.73. The number of benzene rings is 4. The predicted molar refractivity (Wildman–Crippen MR) is 191 cm³/mol. The highest BCUT2D eigenvalue weighted by molar-refractivity contribution is 6.15. The van der Waals surface area contributed by atoms with Crippen molar-refractivity contribution in [1.82, 2.24) is 15.0 Å². The average Bonchev–Trinajstić information content (AvgIpc) is 3.65. The summed E-state index contributed by atoms with van der Waals surface area (Å²) < 4.78 is 7.89. The second-order valence-electron chi connectivity index (χ2n) is 12.4. The van der Waals surface area contributed by atoms with Crippen LogP contribution in [0.5, 0.6) is 11.5 Å². The van der Waals surface area contributed by atoms with Crippen molar-refractivity contribution in [2.75, 3.05) is 23.0 Å². The number of carbonyl (C=O) groups is 2. The van der Waals surface area contributed by atoms with E-state index >= 15 is 0 Å². The molecule has 3 heterocycles. The molecule has 1 unspecified atom stereocenters. The fraction of sp³-hybridized carbons (Fsp3) is 0.200. The molecule has 2 N–H and O–H groups in total. The quantitative estimate of drug-likeness (QED) is 0.155. The lowest BCUT2D eigenvalue weighted by molar-refractivity contribution is -0.139. The number of aliphatic hydroxyl groups excluding tert-OH is 1. The van der Waals surface area contributed by atoms with Gasteiger partial charge in [-0.1, -0.05) is 85.0 Å². The van der Waals surface area contributed by atoms with Crippen LogP contribution in [-0.4, -0.2) is 50.2 Å². The van der Waals surface area contributed by atoms with E-state index in [9.17, 15) is 19.8 Å². The van der Waals surface area contributed by atoms with Crippen molar-refractivity contribution in [3.63, 3.8) is 0 Å². The lowest BCUT2D eigenvalue weighted by Crippen LogP contribution is -2.44. The Kier molecular flexibility index (Phi) is 8.88. The molecule has 5 aromatic rings. The Balaban J connectivity index is 1.16. The van der Waals surface area contributed by atoms with E-state index in [4.69, 9.17) is 4.74 Å². The lowest BCUT2D eigenvalue weighted by atomic mass is 9.82. The van der Waals surface area contributed by atoms with Gasteiger partial charge in [0.1, 0.15) is 5.75 Å². The third-order valence-electron chi connectivity index (χ3n) is 9.38. The number of ether oxygens (including phenoxy) is 1. The molecule has 2 aliphatic heterocycles. The third-order valence-corrected chi connectivity index (χ3v) is 9.38. The average molecular weight is 668 g/mol. The summed E-state index contributed by atoms with van der Waals surface area (Å²) in [7, 11) is 0. The second-order valence-corrected chi connectivity index (χ2v) is 12.4. The van der Waals surface area contributed by atoms with Gasteiger partial charge in [-0.2, -0.15) is 0 Å². The number of hydrogen-bond acceptors (Lipinski definition) is 7. The molecule has 0 fully saturated rings. The van der Waals surface area contributed by atoms with Gasteiger partial charge in [0.25, 0.3) is 11.8 Å². The number of rotatable bonds is 11. The molecule has 0 radical (unpaired) electrons. The number of aromatic nitrogens is 3. The maximum atomic E-state index is 14.1. The Morgan fingerprint density at radius 3 is 2.46 bits per heavy atom. The summed E-state index contributed by atoms with van der Waals surface area (Å²) in [5.74, 6) is -0.698. The molecule has 10 heteroatoms. The number of amides is 2. The van der Waals surface area contributed by atoms with Crippen molar-refractivity contribution < 1.29 is 24.5 Å². The minimum atomic E-state index is -1.90. The van der Waals surface area contributed by atoms with Gasteiger partial charge in [-0.05, 0) is 54.4 Å². The molecule has 0 aliphatic carbocycles. The van der Waals surface area contributed by atoms with E-state index in [0.29, 0.717) is 58.3 Å². The molecule has 10 nitrogen and oxygen atoms in total. The van der Waals surface area contributed by atoms with Crippen molar-refractivity contribution in [2.45, 2.75) is 31.4 Å². The van der Waals surface area contributed by atoms with Gasteiger partial charge in [-0.3, -0.25) is 19.2 Å². The first-order chi connectivity index (χ1) is 24.3. The number of para-hydroxylation sites is 3. The highest BCUT2D eigenvalue weighted by atomic mass is 16.5. The van der Waals surface area contributed by atoms with Crippen molar-refractivity contribution in [1.29, 1.82) is 0 Å². The molecule has 1 aromatic heterocycles. The zero-order valence-electron chi connectivity index (χ0n) is 27.6. The van der Waals surface area contributed by atoms with Crippen molar-refractivity contribution in [3.05, 3.63) is 150 Å². The largest absolute Gasteiger partial charge is 0.454 e. The Morgan fingerprint density at radius 2 is 1.68 bits per heavy atom. The van der Waals surface area contributed by atoms with Crippen LogP contribution < -0.4 is 14.5 Å². The Hall–Kier alpha value is -5.84. The zero-order chi connectivity index (χ0) is 34.8. The normalized spacial score (nSPS) is 17.9. The number of carbonyl (C=O) groups excluding carboxylic acids is 2. The van der Waals surface area contributed by atoms with Crippen LogP contribution in [0.15, 0.2) is 128 Å². The minimum absolute atomic E-state index is 0.0850. The Morgan fingerprint density at radius 1 is 0.940 bits per heavy atom. The first-order valence-corrected chi connectivity index (χ1v) is 16.6. The van der Waals surface area contributed by atoms with Gasteiger partial charge in [0.15, 0.2) is 11.4 Å². The minimum Gasteiger partial charge on any atom is -0.454 e. The molecule has 2 amide bonds.